The van der Waals surface area contributed by atoms with E-state index in [-0.39, 0.29) is 5.41 Å². The Morgan fingerprint density at radius 1 is 1.40 bits per heavy atom. The Kier molecular flexibility index (Phi) is 4.52. The molecule has 0 atom stereocenters. The lowest BCUT2D eigenvalue weighted by atomic mass is 9.78. The Balaban J connectivity index is 2.48. The molecule has 0 spiro atoms. The Hall–Kier alpha value is -0.630. The van der Waals surface area contributed by atoms with Gasteiger partial charge in [-0.15, -0.1) is 0 Å². The van der Waals surface area contributed by atoms with Gasteiger partial charge >= 0.3 is 0 Å². The molecule has 0 amide bonds. The molecule has 0 N–H and O–H groups in total. The van der Waals surface area contributed by atoms with E-state index in [4.69, 9.17) is 0 Å². The molecule has 1 nitrogen and oxygen atoms in total. The predicted molar refractivity (Wildman–Crippen MR) is 66.3 cm³/mol. The second-order valence-corrected chi connectivity index (χ2v) is 5.10. The van der Waals surface area contributed by atoms with Crippen LogP contribution in [0.25, 0.3) is 0 Å². The van der Waals surface area contributed by atoms with Crippen molar-refractivity contribution in [3.05, 3.63) is 22.4 Å². The summed E-state index contributed by atoms with van der Waals surface area (Å²) in [6, 6.07) is 2.10. The van der Waals surface area contributed by atoms with E-state index in [9.17, 15) is 4.79 Å². The minimum Gasteiger partial charge on any atom is -0.299 e. The lowest BCUT2D eigenvalue weighted by Gasteiger charge is -2.24. The van der Waals surface area contributed by atoms with Crippen LogP contribution in [0, 0.1) is 5.41 Å². The van der Waals surface area contributed by atoms with Gasteiger partial charge in [-0.2, -0.15) is 11.3 Å². The summed E-state index contributed by atoms with van der Waals surface area (Å²) in [4.78, 5) is 12.0. The number of Topliss-reactive ketones (excluding diaryl/α,β-unsaturated/α-hetero) is 1. The maximum atomic E-state index is 12.0. The lowest BCUT2D eigenvalue weighted by Crippen LogP contribution is -2.26. The number of carbonyl (C=O) groups excluding carboxylic acids is 1. The molecule has 0 aliphatic rings. The summed E-state index contributed by atoms with van der Waals surface area (Å²) in [6.45, 7) is 6.29. The second-order valence-electron chi connectivity index (χ2n) is 4.32. The van der Waals surface area contributed by atoms with Crippen LogP contribution >= 0.6 is 11.3 Å². The summed E-state index contributed by atoms with van der Waals surface area (Å²) < 4.78 is 0. The minimum absolute atomic E-state index is 0.101. The predicted octanol–water partition coefficient (Wildman–Crippen LogP) is 4.08. The van der Waals surface area contributed by atoms with Crippen LogP contribution in [-0.4, -0.2) is 5.78 Å². The number of hydrogen-bond acceptors (Lipinski definition) is 2. The van der Waals surface area contributed by atoms with Crippen molar-refractivity contribution >= 4 is 17.1 Å². The van der Waals surface area contributed by atoms with Crippen molar-refractivity contribution in [2.75, 3.05) is 0 Å². The highest BCUT2D eigenvalue weighted by Gasteiger charge is 2.27. The third kappa shape index (κ3) is 3.16. The second kappa shape index (κ2) is 5.45. The monoisotopic (exact) mass is 224 g/mol. The van der Waals surface area contributed by atoms with Crippen molar-refractivity contribution in [1.29, 1.82) is 0 Å². The van der Waals surface area contributed by atoms with E-state index in [1.165, 1.54) is 5.56 Å². The van der Waals surface area contributed by atoms with E-state index in [2.05, 4.69) is 37.6 Å². The normalized spacial score (nSPS) is 11.7. The molecule has 15 heavy (non-hydrogen) atoms. The molecule has 1 aromatic heterocycles. The van der Waals surface area contributed by atoms with Gasteiger partial charge in [0.15, 0.2) is 0 Å². The van der Waals surface area contributed by atoms with E-state index >= 15 is 0 Å². The first-order valence-electron chi connectivity index (χ1n) is 5.66. The van der Waals surface area contributed by atoms with E-state index < -0.39 is 0 Å². The SMILES string of the molecule is CCC(C)(CC)C(=O)CCc1ccsc1. The van der Waals surface area contributed by atoms with Gasteiger partial charge in [-0.1, -0.05) is 20.8 Å². The fraction of sp³-hybridized carbons (Fsp3) is 0.615. The van der Waals surface area contributed by atoms with E-state index in [0.29, 0.717) is 12.2 Å². The highest BCUT2D eigenvalue weighted by atomic mass is 32.1. The summed E-state index contributed by atoms with van der Waals surface area (Å²) in [5.74, 6) is 0.415. The smallest absolute Gasteiger partial charge is 0.139 e. The average Bonchev–Trinajstić information content (AvgIpc) is 2.77. The van der Waals surface area contributed by atoms with Crippen LogP contribution in [0.15, 0.2) is 16.8 Å². The summed E-state index contributed by atoms with van der Waals surface area (Å²) in [5, 5.41) is 4.20. The molecule has 84 valence electrons. The van der Waals surface area contributed by atoms with E-state index in [0.717, 1.165) is 19.3 Å². The van der Waals surface area contributed by atoms with Gasteiger partial charge in [0, 0.05) is 11.8 Å². The van der Waals surface area contributed by atoms with Gasteiger partial charge in [0.1, 0.15) is 5.78 Å². The van der Waals surface area contributed by atoms with Crippen LogP contribution in [-0.2, 0) is 11.2 Å². The van der Waals surface area contributed by atoms with Gasteiger partial charge in [0.05, 0.1) is 0 Å². The topological polar surface area (TPSA) is 17.1 Å². The Bertz CT molecular complexity index is 296. The molecule has 0 bridgehead atoms. The number of rotatable bonds is 6. The van der Waals surface area contributed by atoms with Crippen molar-refractivity contribution in [3.63, 3.8) is 0 Å². The van der Waals surface area contributed by atoms with Crippen molar-refractivity contribution < 1.29 is 4.79 Å². The minimum atomic E-state index is -0.101. The summed E-state index contributed by atoms with van der Waals surface area (Å²) in [6.07, 6.45) is 3.49. The fourth-order valence-electron chi connectivity index (χ4n) is 1.64. The number of hydrogen-bond donors (Lipinski definition) is 0. The van der Waals surface area contributed by atoms with Gasteiger partial charge in [-0.05, 0) is 41.7 Å². The Morgan fingerprint density at radius 2 is 2.07 bits per heavy atom. The lowest BCUT2D eigenvalue weighted by molar-refractivity contribution is -0.128. The van der Waals surface area contributed by atoms with E-state index in [1.54, 1.807) is 11.3 Å². The van der Waals surface area contributed by atoms with Crippen molar-refractivity contribution in [1.82, 2.24) is 0 Å². The first-order valence-corrected chi connectivity index (χ1v) is 6.61. The van der Waals surface area contributed by atoms with Crippen LogP contribution in [0.5, 0.6) is 0 Å². The summed E-state index contributed by atoms with van der Waals surface area (Å²) in [5.41, 5.74) is 1.19. The zero-order chi connectivity index (χ0) is 11.3. The van der Waals surface area contributed by atoms with Crippen molar-refractivity contribution in [3.8, 4) is 0 Å². The number of thiophene rings is 1. The molecule has 0 aromatic carbocycles. The number of carbonyl (C=O) groups is 1. The van der Waals surface area contributed by atoms with Gasteiger partial charge in [-0.3, -0.25) is 4.79 Å². The zero-order valence-electron chi connectivity index (χ0n) is 9.88. The first kappa shape index (κ1) is 12.4. The summed E-state index contributed by atoms with van der Waals surface area (Å²) >= 11 is 1.70. The van der Waals surface area contributed by atoms with Gasteiger partial charge in [0.2, 0.25) is 0 Å². The molecule has 0 fully saturated rings. The van der Waals surface area contributed by atoms with Crippen molar-refractivity contribution in [2.24, 2.45) is 5.41 Å². The molecular weight excluding hydrogens is 204 g/mol. The molecule has 0 saturated heterocycles. The molecule has 0 aliphatic carbocycles. The van der Waals surface area contributed by atoms with Crippen LogP contribution in [0.4, 0.5) is 0 Å². The zero-order valence-corrected chi connectivity index (χ0v) is 10.7. The van der Waals surface area contributed by atoms with E-state index in [1.807, 2.05) is 0 Å². The van der Waals surface area contributed by atoms with Crippen LogP contribution in [0.3, 0.4) is 0 Å². The quantitative estimate of drug-likeness (QED) is 0.711. The highest BCUT2D eigenvalue weighted by molar-refractivity contribution is 7.07. The summed E-state index contributed by atoms with van der Waals surface area (Å²) in [7, 11) is 0. The Labute approximate surface area is 96.5 Å². The Morgan fingerprint density at radius 3 is 2.53 bits per heavy atom. The van der Waals surface area contributed by atoms with Gasteiger partial charge < -0.3 is 0 Å². The molecule has 2 heteroatoms. The third-order valence-corrected chi connectivity index (χ3v) is 4.19. The molecule has 0 unspecified atom stereocenters. The highest BCUT2D eigenvalue weighted by Crippen LogP contribution is 2.28. The first-order chi connectivity index (χ1) is 7.12. The molecule has 1 aromatic rings. The average molecular weight is 224 g/mol. The fourth-order valence-corrected chi connectivity index (χ4v) is 2.34. The molecule has 0 radical (unpaired) electrons. The van der Waals surface area contributed by atoms with Crippen molar-refractivity contribution in [2.45, 2.75) is 46.5 Å². The maximum absolute atomic E-state index is 12.0. The van der Waals surface area contributed by atoms with Gasteiger partial charge in [-0.25, -0.2) is 0 Å². The number of aryl methyl sites for hydroxylation is 1. The number of ketones is 1. The standard InChI is InChI=1S/C13H20OS/c1-4-13(3,5-2)12(14)7-6-11-8-9-15-10-11/h8-10H,4-7H2,1-3H3. The van der Waals surface area contributed by atoms with Crippen LogP contribution in [0.2, 0.25) is 0 Å². The molecule has 0 saturated carbocycles. The van der Waals surface area contributed by atoms with Gasteiger partial charge in [0.25, 0.3) is 0 Å². The molecule has 0 aliphatic heterocycles. The maximum Gasteiger partial charge on any atom is 0.139 e. The molecule has 1 rings (SSSR count). The molecular formula is C13H20OS. The largest absolute Gasteiger partial charge is 0.299 e. The molecule has 1 heterocycles. The van der Waals surface area contributed by atoms with Crippen LogP contribution < -0.4 is 0 Å². The van der Waals surface area contributed by atoms with Crippen LogP contribution in [0.1, 0.15) is 45.6 Å². The third-order valence-electron chi connectivity index (χ3n) is 3.45.